The molecule has 1 aromatic carbocycles. The first-order valence-electron chi connectivity index (χ1n) is 5.74. The Morgan fingerprint density at radius 3 is 2.78 bits per heavy atom. The molecule has 0 bridgehead atoms. The minimum atomic E-state index is 0.410. The molecule has 1 aromatic heterocycles. The molecule has 0 unspecified atom stereocenters. The maximum absolute atomic E-state index is 6.12. The van der Waals surface area contributed by atoms with E-state index in [-0.39, 0.29) is 0 Å². The summed E-state index contributed by atoms with van der Waals surface area (Å²) in [6, 6.07) is 7.83. The Morgan fingerprint density at radius 2 is 2.11 bits per heavy atom. The Bertz CT molecular complexity index is 527. The number of nitrogens with zero attached hydrogens (tertiary/aromatic N) is 3. The topological polar surface area (TPSA) is 56.7 Å². The second kappa shape index (κ2) is 6.22. The predicted octanol–water partition coefficient (Wildman–Crippen LogP) is 2.70. The largest absolute Gasteiger partial charge is 0.324 e. The Labute approximate surface area is 116 Å². The Kier molecular flexibility index (Phi) is 4.63. The molecule has 2 N–H and O–H groups in total. The van der Waals surface area contributed by atoms with Crippen molar-refractivity contribution in [3.8, 4) is 0 Å². The summed E-state index contributed by atoms with van der Waals surface area (Å²) >= 11 is 7.74. The fraction of sp³-hybridized carbons (Fsp3) is 0.333. The molecule has 0 atom stereocenters. The van der Waals surface area contributed by atoms with Crippen LogP contribution in [0.1, 0.15) is 18.3 Å². The monoisotopic (exact) mass is 282 g/mol. The summed E-state index contributed by atoms with van der Waals surface area (Å²) in [4.78, 5) is 0. The van der Waals surface area contributed by atoms with Crippen molar-refractivity contribution in [1.82, 2.24) is 14.8 Å². The Morgan fingerprint density at radius 1 is 1.33 bits per heavy atom. The van der Waals surface area contributed by atoms with Gasteiger partial charge in [-0.2, -0.15) is 0 Å². The van der Waals surface area contributed by atoms with E-state index in [2.05, 4.69) is 17.1 Å². The zero-order valence-corrected chi connectivity index (χ0v) is 11.7. The molecule has 96 valence electrons. The van der Waals surface area contributed by atoms with E-state index in [1.807, 2.05) is 28.8 Å². The van der Waals surface area contributed by atoms with Crippen molar-refractivity contribution < 1.29 is 0 Å². The highest BCUT2D eigenvalue weighted by molar-refractivity contribution is 7.98. The van der Waals surface area contributed by atoms with Crippen molar-refractivity contribution in [1.29, 1.82) is 0 Å². The molecule has 6 heteroatoms. The van der Waals surface area contributed by atoms with Crippen LogP contribution < -0.4 is 5.73 Å². The van der Waals surface area contributed by atoms with Crippen LogP contribution in [0, 0.1) is 0 Å². The van der Waals surface area contributed by atoms with Crippen molar-refractivity contribution in [3.05, 3.63) is 40.7 Å². The second-order valence-electron chi connectivity index (χ2n) is 3.73. The summed E-state index contributed by atoms with van der Waals surface area (Å²) in [5.74, 6) is 1.60. The molecule has 2 aromatic rings. The van der Waals surface area contributed by atoms with E-state index in [1.165, 1.54) is 0 Å². The molecule has 4 nitrogen and oxygen atoms in total. The van der Waals surface area contributed by atoms with Crippen LogP contribution in [0.2, 0.25) is 5.02 Å². The standard InChI is InChI=1S/C12H15ClN4S/c1-2-17-11(7-14)15-16-12(17)18-8-9-5-3-4-6-10(9)13/h3-6H,2,7-8,14H2,1H3. The van der Waals surface area contributed by atoms with Gasteiger partial charge in [0.1, 0.15) is 5.82 Å². The van der Waals surface area contributed by atoms with Gasteiger partial charge in [-0.1, -0.05) is 41.6 Å². The first-order chi connectivity index (χ1) is 8.76. The van der Waals surface area contributed by atoms with Gasteiger partial charge in [0.05, 0.1) is 6.54 Å². The number of thioether (sulfide) groups is 1. The number of hydrogen-bond acceptors (Lipinski definition) is 4. The van der Waals surface area contributed by atoms with Gasteiger partial charge in [-0.15, -0.1) is 10.2 Å². The SMILES string of the molecule is CCn1c(CN)nnc1SCc1ccccc1Cl. The minimum absolute atomic E-state index is 0.410. The Hall–Kier alpha value is -1.04. The number of hydrogen-bond donors (Lipinski definition) is 1. The summed E-state index contributed by atoms with van der Waals surface area (Å²) in [5, 5.41) is 9.90. The molecule has 0 spiro atoms. The molecule has 0 fully saturated rings. The maximum Gasteiger partial charge on any atom is 0.191 e. The van der Waals surface area contributed by atoms with Gasteiger partial charge in [0.15, 0.2) is 5.16 Å². The highest BCUT2D eigenvalue weighted by Crippen LogP contribution is 2.25. The predicted molar refractivity (Wildman–Crippen MR) is 74.6 cm³/mol. The number of benzene rings is 1. The lowest BCUT2D eigenvalue weighted by molar-refractivity contribution is 0.643. The second-order valence-corrected chi connectivity index (χ2v) is 5.08. The van der Waals surface area contributed by atoms with Crippen molar-refractivity contribution in [2.24, 2.45) is 5.73 Å². The highest BCUT2D eigenvalue weighted by Gasteiger charge is 2.10. The highest BCUT2D eigenvalue weighted by atomic mass is 35.5. The summed E-state index contributed by atoms with van der Waals surface area (Å²) in [6.45, 7) is 3.29. The van der Waals surface area contributed by atoms with Gasteiger partial charge in [0, 0.05) is 17.3 Å². The third-order valence-corrected chi connectivity index (χ3v) is 3.99. The zero-order valence-electron chi connectivity index (χ0n) is 10.1. The first kappa shape index (κ1) is 13.4. The van der Waals surface area contributed by atoms with E-state index in [0.29, 0.717) is 6.54 Å². The molecule has 0 saturated carbocycles. The third kappa shape index (κ3) is 2.85. The van der Waals surface area contributed by atoms with E-state index in [9.17, 15) is 0 Å². The molecule has 0 saturated heterocycles. The van der Waals surface area contributed by atoms with Gasteiger partial charge in [0.2, 0.25) is 0 Å². The summed E-state index contributed by atoms with van der Waals surface area (Å²) in [5.41, 5.74) is 6.72. The van der Waals surface area contributed by atoms with Crippen molar-refractivity contribution in [2.75, 3.05) is 0 Å². The molecule has 18 heavy (non-hydrogen) atoms. The summed E-state index contributed by atoms with van der Waals surface area (Å²) < 4.78 is 2.03. The van der Waals surface area contributed by atoms with Gasteiger partial charge in [-0.3, -0.25) is 0 Å². The van der Waals surface area contributed by atoms with Crippen LogP contribution in [0.4, 0.5) is 0 Å². The van der Waals surface area contributed by atoms with Gasteiger partial charge < -0.3 is 10.3 Å². The fourth-order valence-electron chi connectivity index (χ4n) is 1.65. The maximum atomic E-state index is 6.12. The van der Waals surface area contributed by atoms with Gasteiger partial charge in [-0.05, 0) is 18.6 Å². The van der Waals surface area contributed by atoms with Crippen molar-refractivity contribution in [2.45, 2.75) is 30.9 Å². The number of halogens is 1. The van der Waals surface area contributed by atoms with Crippen molar-refractivity contribution in [3.63, 3.8) is 0 Å². The van der Waals surface area contributed by atoms with Crippen molar-refractivity contribution >= 4 is 23.4 Å². The summed E-state index contributed by atoms with van der Waals surface area (Å²) in [6.07, 6.45) is 0. The van der Waals surface area contributed by atoms with Crippen LogP contribution in [0.5, 0.6) is 0 Å². The van der Waals surface area contributed by atoms with E-state index >= 15 is 0 Å². The molecule has 0 radical (unpaired) electrons. The quantitative estimate of drug-likeness (QED) is 0.857. The number of aromatic nitrogens is 3. The average molecular weight is 283 g/mol. The van der Waals surface area contributed by atoms with E-state index in [4.69, 9.17) is 17.3 Å². The molecule has 0 aliphatic heterocycles. The van der Waals surface area contributed by atoms with Crippen LogP contribution in [-0.4, -0.2) is 14.8 Å². The van der Waals surface area contributed by atoms with Crippen LogP contribution >= 0.6 is 23.4 Å². The van der Waals surface area contributed by atoms with Crippen LogP contribution in [-0.2, 0) is 18.8 Å². The number of rotatable bonds is 5. The normalized spacial score (nSPS) is 10.8. The molecule has 1 heterocycles. The number of nitrogens with two attached hydrogens (primary N) is 1. The van der Waals surface area contributed by atoms with Crippen LogP contribution in [0.15, 0.2) is 29.4 Å². The van der Waals surface area contributed by atoms with Gasteiger partial charge in [-0.25, -0.2) is 0 Å². The molecular weight excluding hydrogens is 268 g/mol. The molecule has 0 amide bonds. The molecular formula is C12H15ClN4S. The lowest BCUT2D eigenvalue weighted by Crippen LogP contribution is -2.08. The zero-order chi connectivity index (χ0) is 13.0. The van der Waals surface area contributed by atoms with Crippen LogP contribution in [0.25, 0.3) is 0 Å². The van der Waals surface area contributed by atoms with Gasteiger partial charge >= 0.3 is 0 Å². The van der Waals surface area contributed by atoms with E-state index in [0.717, 1.165) is 33.9 Å². The third-order valence-electron chi connectivity index (χ3n) is 2.61. The first-order valence-corrected chi connectivity index (χ1v) is 7.11. The van der Waals surface area contributed by atoms with E-state index < -0.39 is 0 Å². The van der Waals surface area contributed by atoms with Crippen LogP contribution in [0.3, 0.4) is 0 Å². The molecule has 0 aliphatic rings. The molecule has 0 aliphatic carbocycles. The lowest BCUT2D eigenvalue weighted by atomic mass is 10.2. The lowest BCUT2D eigenvalue weighted by Gasteiger charge is -2.06. The smallest absolute Gasteiger partial charge is 0.191 e. The molecule has 2 rings (SSSR count). The van der Waals surface area contributed by atoms with Gasteiger partial charge in [0.25, 0.3) is 0 Å². The minimum Gasteiger partial charge on any atom is -0.324 e. The summed E-state index contributed by atoms with van der Waals surface area (Å²) in [7, 11) is 0. The van der Waals surface area contributed by atoms with E-state index in [1.54, 1.807) is 11.8 Å². The Balaban J connectivity index is 2.11. The average Bonchev–Trinajstić information content (AvgIpc) is 2.79. The fourth-order valence-corrected chi connectivity index (χ4v) is 2.96.